The molecule has 9 nitrogen and oxygen atoms in total. The highest BCUT2D eigenvalue weighted by atomic mass is 31.2. The van der Waals surface area contributed by atoms with E-state index in [0.717, 1.165) is 51.4 Å². The summed E-state index contributed by atoms with van der Waals surface area (Å²) < 4.78 is 33.9. The lowest BCUT2D eigenvalue weighted by Crippen LogP contribution is -2.37. The fraction of sp³-hybridized carbons (Fsp3) is 0.870. The molecular weight excluding hydrogens is 725 g/mol. The Morgan fingerprint density at radius 1 is 0.536 bits per heavy atom. The van der Waals surface area contributed by atoms with Crippen molar-refractivity contribution in [2.45, 2.75) is 213 Å². The van der Waals surface area contributed by atoms with Crippen molar-refractivity contribution in [3.8, 4) is 0 Å². The number of carbonyl (C=O) groups is 2. The van der Waals surface area contributed by atoms with Crippen molar-refractivity contribution in [3.63, 3.8) is 0 Å². The van der Waals surface area contributed by atoms with E-state index in [-0.39, 0.29) is 32.0 Å². The summed E-state index contributed by atoms with van der Waals surface area (Å²) in [7, 11) is 1.16. The van der Waals surface area contributed by atoms with E-state index >= 15 is 0 Å². The zero-order valence-corrected chi connectivity index (χ0v) is 38.0. The first-order chi connectivity index (χ1) is 27.0. The van der Waals surface area contributed by atoms with Gasteiger partial charge in [-0.05, 0) is 64.2 Å². The highest BCUT2D eigenvalue weighted by Gasteiger charge is 2.21. The molecule has 0 aliphatic carbocycles. The first kappa shape index (κ1) is 54.5. The predicted octanol–water partition coefficient (Wildman–Crippen LogP) is 12.5. The number of hydrogen-bond donors (Lipinski definition) is 0. The number of allylic oxidation sites excluding steroid dienone is 4. The maximum atomic E-state index is 12.7. The number of ether oxygens (including phenoxy) is 2. The molecule has 330 valence electrons. The molecule has 0 aromatic rings. The normalized spacial score (nSPS) is 13.8. The molecule has 0 aliphatic rings. The molecule has 10 heteroatoms. The standard InChI is InChI=1S/C46H88NO8P/c1-6-8-10-12-14-16-18-20-21-22-23-24-25-27-28-30-32-34-36-38-45(48)52-42-44(43-54-56(50,51)53-41-40-47(3,4)5)55-46(49)39-37-35-33-31-29-26-19-17-15-13-11-9-7-2/h17,19-21,44H,6-16,18,22-43H2,1-5H3/b19-17+,21-20+/t44-/m0/s1. The van der Waals surface area contributed by atoms with Crippen molar-refractivity contribution in [2.24, 2.45) is 0 Å². The molecule has 0 aromatic carbocycles. The zero-order chi connectivity index (χ0) is 41.4. The van der Waals surface area contributed by atoms with Crippen LogP contribution in [0.4, 0.5) is 0 Å². The first-order valence-electron chi connectivity index (χ1n) is 23.0. The van der Waals surface area contributed by atoms with Crippen LogP contribution in [0, 0.1) is 0 Å². The van der Waals surface area contributed by atoms with Crippen LogP contribution in [-0.2, 0) is 32.7 Å². The van der Waals surface area contributed by atoms with Crippen molar-refractivity contribution in [2.75, 3.05) is 47.5 Å². The first-order valence-corrected chi connectivity index (χ1v) is 24.5. The third-order valence-corrected chi connectivity index (χ3v) is 10.9. The van der Waals surface area contributed by atoms with Gasteiger partial charge >= 0.3 is 11.9 Å². The molecule has 0 radical (unpaired) electrons. The lowest BCUT2D eigenvalue weighted by molar-refractivity contribution is -0.870. The summed E-state index contributed by atoms with van der Waals surface area (Å²) >= 11 is 0. The summed E-state index contributed by atoms with van der Waals surface area (Å²) in [5, 5.41) is 0. The van der Waals surface area contributed by atoms with Crippen LogP contribution in [0.2, 0.25) is 0 Å². The minimum absolute atomic E-state index is 0.0314. The van der Waals surface area contributed by atoms with E-state index in [1.165, 1.54) is 122 Å². The Kier molecular flexibility index (Phi) is 37.9. The molecule has 0 heterocycles. The summed E-state index contributed by atoms with van der Waals surface area (Å²) in [4.78, 5) is 37.5. The van der Waals surface area contributed by atoms with Gasteiger partial charge in [0.05, 0.1) is 27.7 Å². The molecule has 56 heavy (non-hydrogen) atoms. The summed E-state index contributed by atoms with van der Waals surface area (Å²) in [6, 6.07) is 0. The second-order valence-electron chi connectivity index (χ2n) is 16.8. The fourth-order valence-corrected chi connectivity index (χ4v) is 7.02. The number of esters is 2. The van der Waals surface area contributed by atoms with E-state index in [9.17, 15) is 19.0 Å². The van der Waals surface area contributed by atoms with Gasteiger partial charge in [0, 0.05) is 12.8 Å². The summed E-state index contributed by atoms with van der Waals surface area (Å²) in [5.74, 6) is -0.842. The SMILES string of the molecule is CCCCCC/C=C/CCCCCCCC(=O)O[C@@H](COC(=O)CCCCCCCCCCC/C=C/CCCCCCCC)COP(=O)([O-])OCC[N+](C)(C)C. The molecule has 1 unspecified atom stereocenters. The quantitative estimate of drug-likeness (QED) is 0.0197. The van der Waals surface area contributed by atoms with E-state index in [0.29, 0.717) is 17.4 Å². The van der Waals surface area contributed by atoms with Crippen LogP contribution in [0.3, 0.4) is 0 Å². The predicted molar refractivity (Wildman–Crippen MR) is 231 cm³/mol. The highest BCUT2D eigenvalue weighted by molar-refractivity contribution is 7.45. The largest absolute Gasteiger partial charge is 0.756 e. The fourth-order valence-electron chi connectivity index (χ4n) is 6.29. The number of hydrogen-bond acceptors (Lipinski definition) is 8. The second-order valence-corrected chi connectivity index (χ2v) is 18.2. The van der Waals surface area contributed by atoms with Gasteiger partial charge in [-0.2, -0.15) is 0 Å². The minimum Gasteiger partial charge on any atom is -0.756 e. The molecule has 0 spiro atoms. The van der Waals surface area contributed by atoms with Gasteiger partial charge in [0.15, 0.2) is 6.10 Å². The monoisotopic (exact) mass is 814 g/mol. The summed E-state index contributed by atoms with van der Waals surface area (Å²) in [6.45, 7) is 4.21. The number of nitrogens with zero attached hydrogens (tertiary/aromatic N) is 1. The summed E-state index contributed by atoms with van der Waals surface area (Å²) in [6.07, 6.45) is 42.0. The van der Waals surface area contributed by atoms with Crippen LogP contribution in [0.25, 0.3) is 0 Å². The average Bonchev–Trinajstić information content (AvgIpc) is 3.15. The number of quaternary nitrogens is 1. The van der Waals surface area contributed by atoms with Crippen molar-refractivity contribution >= 4 is 19.8 Å². The van der Waals surface area contributed by atoms with Crippen LogP contribution in [-0.4, -0.2) is 70.0 Å². The Morgan fingerprint density at radius 2 is 0.911 bits per heavy atom. The van der Waals surface area contributed by atoms with Crippen molar-refractivity contribution in [3.05, 3.63) is 24.3 Å². The molecule has 0 aromatic heterocycles. The number of phosphoric ester groups is 1. The molecule has 0 saturated heterocycles. The van der Waals surface area contributed by atoms with E-state index in [2.05, 4.69) is 38.2 Å². The molecule has 0 bridgehead atoms. The maximum absolute atomic E-state index is 12.7. The van der Waals surface area contributed by atoms with Crippen LogP contribution in [0.5, 0.6) is 0 Å². The van der Waals surface area contributed by atoms with Gasteiger partial charge in [-0.25, -0.2) is 0 Å². The van der Waals surface area contributed by atoms with E-state index in [1.807, 2.05) is 21.1 Å². The number of unbranched alkanes of at least 4 members (excludes halogenated alkanes) is 24. The Labute approximate surface area is 345 Å². The minimum atomic E-state index is -4.62. The molecular formula is C46H88NO8P. The van der Waals surface area contributed by atoms with E-state index in [4.69, 9.17) is 18.5 Å². The van der Waals surface area contributed by atoms with Crippen LogP contribution in [0.1, 0.15) is 206 Å². The number of carbonyl (C=O) groups excluding carboxylic acids is 2. The van der Waals surface area contributed by atoms with Crippen molar-refractivity contribution in [1.29, 1.82) is 0 Å². The lowest BCUT2D eigenvalue weighted by atomic mass is 10.1. The van der Waals surface area contributed by atoms with Gasteiger partial charge < -0.3 is 27.9 Å². The van der Waals surface area contributed by atoms with Gasteiger partial charge in [0.1, 0.15) is 19.8 Å². The van der Waals surface area contributed by atoms with E-state index < -0.39 is 26.5 Å². The van der Waals surface area contributed by atoms with Crippen LogP contribution < -0.4 is 4.89 Å². The topological polar surface area (TPSA) is 111 Å². The lowest BCUT2D eigenvalue weighted by Gasteiger charge is -2.28. The third kappa shape index (κ3) is 42.1. The van der Waals surface area contributed by atoms with Crippen LogP contribution in [0.15, 0.2) is 24.3 Å². The molecule has 0 aliphatic heterocycles. The Hall–Kier alpha value is -1.51. The molecule has 2 atom stereocenters. The molecule has 0 saturated carbocycles. The molecule has 0 N–H and O–H groups in total. The van der Waals surface area contributed by atoms with Crippen molar-refractivity contribution < 1.29 is 42.1 Å². The maximum Gasteiger partial charge on any atom is 0.306 e. The van der Waals surface area contributed by atoms with Gasteiger partial charge in [0.25, 0.3) is 7.82 Å². The van der Waals surface area contributed by atoms with Gasteiger partial charge in [-0.1, -0.05) is 154 Å². The van der Waals surface area contributed by atoms with Crippen LogP contribution >= 0.6 is 7.82 Å². The number of likely N-dealkylation sites (N-methyl/N-ethyl adjacent to an activating group) is 1. The van der Waals surface area contributed by atoms with E-state index in [1.54, 1.807) is 0 Å². The number of rotatable bonds is 42. The summed E-state index contributed by atoms with van der Waals surface area (Å²) in [5.41, 5.74) is 0. The molecule has 0 rings (SSSR count). The third-order valence-electron chi connectivity index (χ3n) is 9.94. The van der Waals surface area contributed by atoms with Crippen molar-refractivity contribution in [1.82, 2.24) is 0 Å². The van der Waals surface area contributed by atoms with Gasteiger partial charge in [-0.3, -0.25) is 14.2 Å². The smallest absolute Gasteiger partial charge is 0.306 e. The molecule has 0 fully saturated rings. The Balaban J connectivity index is 4.29. The highest BCUT2D eigenvalue weighted by Crippen LogP contribution is 2.38. The molecule has 0 amide bonds. The second kappa shape index (κ2) is 39.0. The Bertz CT molecular complexity index is 1010. The van der Waals surface area contributed by atoms with Gasteiger partial charge in [0.2, 0.25) is 0 Å². The average molecular weight is 814 g/mol. The zero-order valence-electron chi connectivity index (χ0n) is 37.1. The number of phosphoric acid groups is 1. The van der Waals surface area contributed by atoms with Gasteiger partial charge in [-0.15, -0.1) is 0 Å². The Morgan fingerprint density at radius 3 is 1.34 bits per heavy atom.